The lowest BCUT2D eigenvalue weighted by Crippen LogP contribution is -2.34. The first kappa shape index (κ1) is 9.69. The lowest BCUT2D eigenvalue weighted by molar-refractivity contribution is -0.149. The highest BCUT2D eigenvalue weighted by molar-refractivity contribution is 5.80. The number of hydrogen-bond donors (Lipinski definition) is 0. The summed E-state index contributed by atoms with van der Waals surface area (Å²) in [5.41, 5.74) is 0. The molecule has 2 saturated carbocycles. The number of hydrogen-bond acceptors (Lipinski definition) is 3. The van der Waals surface area contributed by atoms with E-state index in [4.69, 9.17) is 4.74 Å². The van der Waals surface area contributed by atoms with Gasteiger partial charge in [0.2, 0.25) is 0 Å². The Morgan fingerprint density at radius 1 is 1.21 bits per heavy atom. The molecule has 0 amide bonds. The first-order valence-electron chi connectivity index (χ1n) is 5.28. The molecule has 2 fully saturated rings. The van der Waals surface area contributed by atoms with E-state index in [0.29, 0.717) is 30.5 Å². The topological polar surface area (TPSA) is 43.4 Å². The van der Waals surface area contributed by atoms with Crippen LogP contribution < -0.4 is 0 Å². The van der Waals surface area contributed by atoms with Gasteiger partial charge in [-0.05, 0) is 31.1 Å². The third kappa shape index (κ3) is 1.81. The molecule has 2 aliphatic rings. The van der Waals surface area contributed by atoms with E-state index >= 15 is 0 Å². The van der Waals surface area contributed by atoms with Gasteiger partial charge in [-0.3, -0.25) is 9.59 Å². The summed E-state index contributed by atoms with van der Waals surface area (Å²) in [7, 11) is 1.44. The standard InChI is InChI=1S/C11H16O3/c1-14-11(13)9-3-7-2-8(4-9)6-10(12)5-7/h7-9H,2-6H2,1H3/t7-,8+,9?. The third-order valence-corrected chi connectivity index (χ3v) is 3.47. The molecule has 0 radical (unpaired) electrons. The van der Waals surface area contributed by atoms with Crippen molar-refractivity contribution in [1.82, 2.24) is 0 Å². The van der Waals surface area contributed by atoms with E-state index in [-0.39, 0.29) is 11.9 Å². The fourth-order valence-corrected chi connectivity index (χ4v) is 2.98. The van der Waals surface area contributed by atoms with Crippen LogP contribution in [-0.4, -0.2) is 18.9 Å². The molecule has 78 valence electrons. The van der Waals surface area contributed by atoms with Gasteiger partial charge in [0.1, 0.15) is 5.78 Å². The second-order valence-corrected chi connectivity index (χ2v) is 4.61. The quantitative estimate of drug-likeness (QED) is 0.598. The molecule has 2 aliphatic carbocycles. The third-order valence-electron chi connectivity index (χ3n) is 3.47. The van der Waals surface area contributed by atoms with Crippen molar-refractivity contribution in [3.63, 3.8) is 0 Å². The summed E-state index contributed by atoms with van der Waals surface area (Å²) in [4.78, 5) is 22.7. The number of methoxy groups -OCH3 is 1. The molecule has 2 bridgehead atoms. The van der Waals surface area contributed by atoms with E-state index in [1.165, 1.54) is 7.11 Å². The van der Waals surface area contributed by atoms with Crippen LogP contribution >= 0.6 is 0 Å². The van der Waals surface area contributed by atoms with Gasteiger partial charge in [-0.2, -0.15) is 0 Å². The maximum atomic E-state index is 11.4. The summed E-state index contributed by atoms with van der Waals surface area (Å²) in [6, 6.07) is 0. The molecule has 0 aromatic carbocycles. The van der Waals surface area contributed by atoms with Crippen molar-refractivity contribution >= 4 is 11.8 Å². The molecule has 0 N–H and O–H groups in total. The maximum absolute atomic E-state index is 11.4. The van der Waals surface area contributed by atoms with Crippen molar-refractivity contribution in [1.29, 1.82) is 0 Å². The maximum Gasteiger partial charge on any atom is 0.308 e. The summed E-state index contributed by atoms with van der Waals surface area (Å²) >= 11 is 0. The Morgan fingerprint density at radius 3 is 2.29 bits per heavy atom. The monoisotopic (exact) mass is 196 g/mol. The zero-order chi connectivity index (χ0) is 10.1. The highest BCUT2D eigenvalue weighted by Gasteiger charge is 2.38. The molecule has 3 atom stereocenters. The molecule has 0 saturated heterocycles. The van der Waals surface area contributed by atoms with Crippen LogP contribution in [0.15, 0.2) is 0 Å². The summed E-state index contributed by atoms with van der Waals surface area (Å²) < 4.78 is 4.76. The van der Waals surface area contributed by atoms with Crippen molar-refractivity contribution in [3.05, 3.63) is 0 Å². The summed E-state index contributed by atoms with van der Waals surface area (Å²) in [6.07, 6.45) is 4.22. The number of rotatable bonds is 1. The van der Waals surface area contributed by atoms with Crippen molar-refractivity contribution in [2.24, 2.45) is 17.8 Å². The van der Waals surface area contributed by atoms with E-state index in [0.717, 1.165) is 19.3 Å². The summed E-state index contributed by atoms with van der Waals surface area (Å²) in [5.74, 6) is 1.23. The largest absolute Gasteiger partial charge is 0.469 e. The summed E-state index contributed by atoms with van der Waals surface area (Å²) in [5, 5.41) is 0. The van der Waals surface area contributed by atoms with Gasteiger partial charge in [-0.1, -0.05) is 0 Å². The van der Waals surface area contributed by atoms with Crippen molar-refractivity contribution in [2.45, 2.75) is 32.1 Å². The Balaban J connectivity index is 2.01. The highest BCUT2D eigenvalue weighted by atomic mass is 16.5. The average molecular weight is 196 g/mol. The SMILES string of the molecule is COC(=O)C1C[C@H]2CC(=O)C[C@@H](C1)C2. The molecule has 3 nitrogen and oxygen atoms in total. The Kier molecular flexibility index (Phi) is 2.57. The van der Waals surface area contributed by atoms with Crippen LogP contribution in [0.2, 0.25) is 0 Å². The lowest BCUT2D eigenvalue weighted by atomic mass is 9.68. The molecule has 2 rings (SSSR count). The Bertz CT molecular complexity index is 243. The molecular weight excluding hydrogens is 180 g/mol. The number of ketones is 1. The molecule has 3 heteroatoms. The smallest absolute Gasteiger partial charge is 0.308 e. The molecule has 14 heavy (non-hydrogen) atoms. The van der Waals surface area contributed by atoms with E-state index in [2.05, 4.69) is 0 Å². The second kappa shape index (κ2) is 3.71. The Morgan fingerprint density at radius 2 is 1.79 bits per heavy atom. The zero-order valence-corrected chi connectivity index (χ0v) is 8.49. The van der Waals surface area contributed by atoms with Crippen LogP contribution in [0.25, 0.3) is 0 Å². The normalized spacial score (nSPS) is 36.6. The minimum absolute atomic E-state index is 0.0526. The van der Waals surface area contributed by atoms with E-state index in [1.807, 2.05) is 0 Å². The first-order valence-corrected chi connectivity index (χ1v) is 5.28. The molecule has 0 heterocycles. The number of carbonyl (C=O) groups excluding carboxylic acids is 2. The van der Waals surface area contributed by atoms with E-state index in [1.54, 1.807) is 0 Å². The molecule has 0 aliphatic heterocycles. The molecular formula is C11H16O3. The molecule has 1 unspecified atom stereocenters. The molecule has 0 aromatic heterocycles. The Hall–Kier alpha value is -0.860. The lowest BCUT2D eigenvalue weighted by Gasteiger charge is -2.36. The average Bonchev–Trinajstić information content (AvgIpc) is 2.14. The minimum atomic E-state index is -0.0888. The van der Waals surface area contributed by atoms with Gasteiger partial charge in [0.25, 0.3) is 0 Å². The zero-order valence-electron chi connectivity index (χ0n) is 8.49. The van der Waals surface area contributed by atoms with Gasteiger partial charge in [0.05, 0.1) is 13.0 Å². The van der Waals surface area contributed by atoms with Crippen molar-refractivity contribution in [2.75, 3.05) is 7.11 Å². The predicted molar refractivity (Wildman–Crippen MR) is 50.6 cm³/mol. The van der Waals surface area contributed by atoms with Crippen molar-refractivity contribution < 1.29 is 14.3 Å². The molecule has 0 aromatic rings. The number of ether oxygens (including phenoxy) is 1. The minimum Gasteiger partial charge on any atom is -0.469 e. The van der Waals surface area contributed by atoms with Gasteiger partial charge < -0.3 is 4.74 Å². The first-order chi connectivity index (χ1) is 6.69. The van der Waals surface area contributed by atoms with Gasteiger partial charge in [0, 0.05) is 12.8 Å². The fraction of sp³-hybridized carbons (Fsp3) is 0.818. The second-order valence-electron chi connectivity index (χ2n) is 4.61. The highest BCUT2D eigenvalue weighted by Crippen LogP contribution is 2.41. The molecule has 0 spiro atoms. The number of Topliss-reactive ketones (excluding diaryl/α,β-unsaturated/α-hetero) is 1. The van der Waals surface area contributed by atoms with E-state index < -0.39 is 0 Å². The number of esters is 1. The van der Waals surface area contributed by atoms with Crippen molar-refractivity contribution in [3.8, 4) is 0 Å². The van der Waals surface area contributed by atoms with E-state index in [9.17, 15) is 9.59 Å². The number of carbonyl (C=O) groups is 2. The van der Waals surface area contributed by atoms with Crippen LogP contribution in [0.1, 0.15) is 32.1 Å². The van der Waals surface area contributed by atoms with Crippen LogP contribution in [-0.2, 0) is 14.3 Å². The van der Waals surface area contributed by atoms with Gasteiger partial charge >= 0.3 is 5.97 Å². The van der Waals surface area contributed by atoms with Crippen LogP contribution in [0.5, 0.6) is 0 Å². The van der Waals surface area contributed by atoms with Crippen LogP contribution in [0, 0.1) is 17.8 Å². The van der Waals surface area contributed by atoms with Crippen LogP contribution in [0.4, 0.5) is 0 Å². The summed E-state index contributed by atoms with van der Waals surface area (Å²) in [6.45, 7) is 0. The predicted octanol–water partition coefficient (Wildman–Crippen LogP) is 1.55. The van der Waals surface area contributed by atoms with Gasteiger partial charge in [0.15, 0.2) is 0 Å². The van der Waals surface area contributed by atoms with Gasteiger partial charge in [-0.25, -0.2) is 0 Å². The number of fused-ring (bicyclic) bond motifs is 2. The Labute approximate surface area is 83.8 Å². The van der Waals surface area contributed by atoms with Crippen LogP contribution in [0.3, 0.4) is 0 Å². The fourth-order valence-electron chi connectivity index (χ4n) is 2.98. The van der Waals surface area contributed by atoms with Gasteiger partial charge in [-0.15, -0.1) is 0 Å².